The van der Waals surface area contributed by atoms with Crippen LogP contribution in [0.3, 0.4) is 0 Å². The van der Waals surface area contributed by atoms with Gasteiger partial charge < -0.3 is 19.6 Å². The Labute approximate surface area is 166 Å². The number of aliphatic hydroxyl groups excluding tert-OH is 1. The van der Waals surface area contributed by atoms with Gasteiger partial charge in [-0.25, -0.2) is 0 Å². The standard InChI is InChI=1S/C23H28N2O3/c26-17-19-16-25(15-18(19)14-24-12-6-7-13-24)23(27)21-10-4-5-11-22(21)28-20-8-2-1-3-9-20/h1-5,8-11,18-19,26H,6-7,12-17H2/t18-,19-/m1/s1. The Balaban J connectivity index is 1.48. The minimum atomic E-state index is -0.0195. The third-order valence-electron chi connectivity index (χ3n) is 5.88. The van der Waals surface area contributed by atoms with Crippen molar-refractivity contribution < 1.29 is 14.6 Å². The van der Waals surface area contributed by atoms with Crippen LogP contribution in [0.5, 0.6) is 11.5 Å². The minimum Gasteiger partial charge on any atom is -0.457 e. The number of benzene rings is 2. The van der Waals surface area contributed by atoms with Gasteiger partial charge in [0.25, 0.3) is 5.91 Å². The van der Waals surface area contributed by atoms with E-state index in [4.69, 9.17) is 4.74 Å². The number of carbonyl (C=O) groups is 1. The van der Waals surface area contributed by atoms with Gasteiger partial charge in [-0.1, -0.05) is 30.3 Å². The normalized spacial score (nSPS) is 22.5. The Morgan fingerprint density at radius 1 is 0.964 bits per heavy atom. The van der Waals surface area contributed by atoms with Gasteiger partial charge in [0.05, 0.1) is 5.56 Å². The summed E-state index contributed by atoms with van der Waals surface area (Å²) in [5.74, 6) is 1.74. The van der Waals surface area contributed by atoms with Gasteiger partial charge in [-0.05, 0) is 56.1 Å². The predicted octanol–water partition coefficient (Wildman–Crippen LogP) is 3.26. The van der Waals surface area contributed by atoms with E-state index in [-0.39, 0.29) is 18.4 Å². The van der Waals surface area contributed by atoms with E-state index in [1.165, 1.54) is 12.8 Å². The maximum atomic E-state index is 13.3. The third-order valence-corrected chi connectivity index (χ3v) is 5.88. The van der Waals surface area contributed by atoms with Gasteiger partial charge in [-0.2, -0.15) is 0 Å². The molecule has 2 aromatic rings. The Bertz CT molecular complexity index is 789. The van der Waals surface area contributed by atoms with Crippen LogP contribution < -0.4 is 4.74 Å². The van der Waals surface area contributed by atoms with E-state index < -0.39 is 0 Å². The summed E-state index contributed by atoms with van der Waals surface area (Å²) in [6.45, 7) is 4.67. The van der Waals surface area contributed by atoms with E-state index in [0.29, 0.717) is 36.1 Å². The van der Waals surface area contributed by atoms with Crippen LogP contribution in [-0.4, -0.2) is 60.1 Å². The number of hydrogen-bond acceptors (Lipinski definition) is 4. The zero-order valence-corrected chi connectivity index (χ0v) is 16.2. The first-order chi connectivity index (χ1) is 13.7. The van der Waals surface area contributed by atoms with Crippen LogP contribution >= 0.6 is 0 Å². The molecule has 2 aliphatic rings. The van der Waals surface area contributed by atoms with Crippen molar-refractivity contribution in [2.24, 2.45) is 11.8 Å². The number of rotatable bonds is 6. The highest BCUT2D eigenvalue weighted by atomic mass is 16.5. The monoisotopic (exact) mass is 380 g/mol. The largest absolute Gasteiger partial charge is 0.457 e. The molecule has 0 saturated carbocycles. The van der Waals surface area contributed by atoms with Crippen LogP contribution in [-0.2, 0) is 0 Å². The first kappa shape index (κ1) is 19.0. The molecule has 0 unspecified atom stereocenters. The Morgan fingerprint density at radius 3 is 2.39 bits per heavy atom. The fourth-order valence-corrected chi connectivity index (χ4v) is 4.33. The molecule has 0 aromatic heterocycles. The zero-order chi connectivity index (χ0) is 19.3. The summed E-state index contributed by atoms with van der Waals surface area (Å²) in [6, 6.07) is 16.9. The van der Waals surface area contributed by atoms with Crippen molar-refractivity contribution >= 4 is 5.91 Å². The first-order valence-electron chi connectivity index (χ1n) is 10.2. The summed E-state index contributed by atoms with van der Waals surface area (Å²) in [6.07, 6.45) is 2.51. The molecule has 0 aliphatic carbocycles. The lowest BCUT2D eigenvalue weighted by Crippen LogP contribution is -2.32. The highest BCUT2D eigenvalue weighted by Crippen LogP contribution is 2.30. The lowest BCUT2D eigenvalue weighted by Gasteiger charge is -2.23. The lowest BCUT2D eigenvalue weighted by atomic mass is 9.96. The van der Waals surface area contributed by atoms with E-state index in [9.17, 15) is 9.90 Å². The second-order valence-electron chi connectivity index (χ2n) is 7.83. The van der Waals surface area contributed by atoms with Crippen LogP contribution in [0.4, 0.5) is 0 Å². The minimum absolute atomic E-state index is 0.0195. The summed E-state index contributed by atoms with van der Waals surface area (Å²) >= 11 is 0. The molecule has 5 nitrogen and oxygen atoms in total. The van der Waals surface area contributed by atoms with Gasteiger partial charge in [0.1, 0.15) is 11.5 Å². The number of aliphatic hydroxyl groups is 1. The molecule has 2 heterocycles. The Kier molecular flexibility index (Phi) is 5.93. The fourth-order valence-electron chi connectivity index (χ4n) is 4.33. The van der Waals surface area contributed by atoms with Crippen LogP contribution in [0.2, 0.25) is 0 Å². The molecule has 0 bridgehead atoms. The van der Waals surface area contributed by atoms with Crippen molar-refractivity contribution in [1.29, 1.82) is 0 Å². The van der Waals surface area contributed by atoms with Gasteiger partial charge in [-0.15, -0.1) is 0 Å². The van der Waals surface area contributed by atoms with Crippen molar-refractivity contribution in [2.45, 2.75) is 12.8 Å². The summed E-state index contributed by atoms with van der Waals surface area (Å²) in [5, 5.41) is 9.85. The number of likely N-dealkylation sites (tertiary alicyclic amines) is 2. The second-order valence-corrected chi connectivity index (χ2v) is 7.83. The van der Waals surface area contributed by atoms with E-state index in [1.54, 1.807) is 0 Å². The van der Waals surface area contributed by atoms with E-state index in [1.807, 2.05) is 59.5 Å². The lowest BCUT2D eigenvalue weighted by molar-refractivity contribution is 0.0776. The van der Waals surface area contributed by atoms with Gasteiger partial charge in [0.15, 0.2) is 0 Å². The molecule has 5 heteroatoms. The van der Waals surface area contributed by atoms with Crippen LogP contribution in [0, 0.1) is 11.8 Å². The maximum absolute atomic E-state index is 13.3. The molecule has 2 saturated heterocycles. The molecule has 1 amide bonds. The van der Waals surface area contributed by atoms with Gasteiger partial charge >= 0.3 is 0 Å². The molecular weight excluding hydrogens is 352 g/mol. The number of ether oxygens (including phenoxy) is 1. The number of para-hydroxylation sites is 2. The molecule has 1 N–H and O–H groups in total. The molecule has 2 atom stereocenters. The molecule has 0 radical (unpaired) electrons. The average molecular weight is 380 g/mol. The van der Waals surface area contributed by atoms with Crippen molar-refractivity contribution in [3.05, 3.63) is 60.2 Å². The van der Waals surface area contributed by atoms with Gasteiger partial charge in [-0.3, -0.25) is 4.79 Å². The molecule has 148 valence electrons. The maximum Gasteiger partial charge on any atom is 0.257 e. The summed E-state index contributed by atoms with van der Waals surface area (Å²) in [5.41, 5.74) is 0.574. The smallest absolute Gasteiger partial charge is 0.257 e. The molecule has 0 spiro atoms. The summed E-state index contributed by atoms with van der Waals surface area (Å²) in [4.78, 5) is 17.6. The van der Waals surface area contributed by atoms with E-state index in [2.05, 4.69) is 4.90 Å². The van der Waals surface area contributed by atoms with Crippen molar-refractivity contribution in [1.82, 2.24) is 9.80 Å². The van der Waals surface area contributed by atoms with Crippen molar-refractivity contribution in [3.8, 4) is 11.5 Å². The van der Waals surface area contributed by atoms with Crippen molar-refractivity contribution in [2.75, 3.05) is 39.3 Å². The van der Waals surface area contributed by atoms with Crippen molar-refractivity contribution in [3.63, 3.8) is 0 Å². The quantitative estimate of drug-likeness (QED) is 0.836. The van der Waals surface area contributed by atoms with E-state index in [0.717, 1.165) is 19.6 Å². The summed E-state index contributed by atoms with van der Waals surface area (Å²) in [7, 11) is 0. The molecule has 28 heavy (non-hydrogen) atoms. The highest BCUT2D eigenvalue weighted by Gasteiger charge is 2.37. The summed E-state index contributed by atoms with van der Waals surface area (Å²) < 4.78 is 5.97. The van der Waals surface area contributed by atoms with E-state index >= 15 is 0 Å². The number of carbonyl (C=O) groups excluding carboxylic acids is 1. The molecule has 4 rings (SSSR count). The van der Waals surface area contributed by atoms with Crippen LogP contribution in [0.25, 0.3) is 0 Å². The third kappa shape index (κ3) is 4.21. The Morgan fingerprint density at radius 2 is 1.64 bits per heavy atom. The fraction of sp³-hybridized carbons (Fsp3) is 0.435. The topological polar surface area (TPSA) is 53.0 Å². The second kappa shape index (κ2) is 8.76. The molecule has 2 fully saturated rings. The van der Waals surface area contributed by atoms with Crippen LogP contribution in [0.1, 0.15) is 23.2 Å². The molecular formula is C23H28N2O3. The highest BCUT2D eigenvalue weighted by molar-refractivity contribution is 5.97. The molecule has 2 aromatic carbocycles. The zero-order valence-electron chi connectivity index (χ0n) is 16.2. The first-order valence-corrected chi connectivity index (χ1v) is 10.2. The average Bonchev–Trinajstić information content (AvgIpc) is 3.39. The number of amides is 1. The molecule has 2 aliphatic heterocycles. The number of nitrogens with zero attached hydrogens (tertiary/aromatic N) is 2. The van der Waals surface area contributed by atoms with Gasteiger partial charge in [0.2, 0.25) is 0 Å². The van der Waals surface area contributed by atoms with Gasteiger partial charge in [0, 0.05) is 32.2 Å². The van der Waals surface area contributed by atoms with Crippen LogP contribution in [0.15, 0.2) is 54.6 Å². The number of hydrogen-bond donors (Lipinski definition) is 1. The Hall–Kier alpha value is -2.37. The SMILES string of the molecule is O=C(c1ccccc1Oc1ccccc1)N1C[C@@H](CN2CCCC2)[C@@H](CO)C1. The predicted molar refractivity (Wildman–Crippen MR) is 109 cm³/mol.